The van der Waals surface area contributed by atoms with Gasteiger partial charge in [0.05, 0.1) is 13.2 Å². The number of hydrogen-bond donors (Lipinski definition) is 1. The lowest BCUT2D eigenvalue weighted by Crippen LogP contribution is -2.62. The lowest BCUT2D eigenvalue weighted by atomic mass is 9.53. The third-order valence-corrected chi connectivity index (χ3v) is 7.21. The second kappa shape index (κ2) is 6.26. The first-order chi connectivity index (χ1) is 12.6. The van der Waals surface area contributed by atoms with Gasteiger partial charge in [0, 0.05) is 12.1 Å². The quantitative estimate of drug-likeness (QED) is 0.871. The highest BCUT2D eigenvalue weighted by Crippen LogP contribution is 2.55. The molecule has 140 valence electrons. The Bertz CT molecular complexity index is 649. The van der Waals surface area contributed by atoms with Crippen molar-refractivity contribution in [1.29, 1.82) is 0 Å². The molecule has 1 saturated heterocycles. The SMILES string of the molecule is Cc1ccc(C2CN(C(=O)NC34CC5CC(CC(C5)C3)C4)CCO2)cc1. The van der Waals surface area contributed by atoms with Crippen molar-refractivity contribution in [1.82, 2.24) is 10.2 Å². The topological polar surface area (TPSA) is 41.6 Å². The Kier molecular flexibility index (Phi) is 4.00. The number of aryl methyl sites for hydroxylation is 1. The smallest absolute Gasteiger partial charge is 0.318 e. The highest BCUT2D eigenvalue weighted by molar-refractivity contribution is 5.75. The Morgan fingerprint density at radius 3 is 2.31 bits per heavy atom. The summed E-state index contributed by atoms with van der Waals surface area (Å²) in [4.78, 5) is 15.1. The maximum absolute atomic E-state index is 13.1. The number of amides is 2. The first-order valence-corrected chi connectivity index (χ1v) is 10.3. The molecule has 4 aliphatic carbocycles. The second-order valence-corrected chi connectivity index (χ2v) is 9.34. The molecule has 1 aromatic carbocycles. The molecule has 5 aliphatic rings. The van der Waals surface area contributed by atoms with Crippen molar-refractivity contribution in [3.8, 4) is 0 Å². The van der Waals surface area contributed by atoms with E-state index < -0.39 is 0 Å². The van der Waals surface area contributed by atoms with E-state index in [9.17, 15) is 4.79 Å². The van der Waals surface area contributed by atoms with Gasteiger partial charge in [0.2, 0.25) is 0 Å². The van der Waals surface area contributed by atoms with E-state index >= 15 is 0 Å². The Labute approximate surface area is 156 Å². The Morgan fingerprint density at radius 1 is 1.08 bits per heavy atom. The Morgan fingerprint density at radius 2 is 1.69 bits per heavy atom. The van der Waals surface area contributed by atoms with E-state index in [1.807, 2.05) is 4.90 Å². The molecule has 4 heteroatoms. The van der Waals surface area contributed by atoms with E-state index in [0.717, 1.165) is 17.8 Å². The minimum atomic E-state index is -0.00790. The number of carbonyl (C=O) groups excluding carboxylic acids is 1. The van der Waals surface area contributed by atoms with Crippen LogP contribution in [0, 0.1) is 24.7 Å². The fourth-order valence-corrected chi connectivity index (χ4v) is 6.39. The Balaban J connectivity index is 1.26. The van der Waals surface area contributed by atoms with Crippen molar-refractivity contribution in [2.45, 2.75) is 57.1 Å². The Hall–Kier alpha value is -1.55. The minimum Gasteiger partial charge on any atom is -0.370 e. The molecule has 1 aliphatic heterocycles. The number of rotatable bonds is 2. The van der Waals surface area contributed by atoms with Gasteiger partial charge in [-0.2, -0.15) is 0 Å². The van der Waals surface area contributed by atoms with Crippen molar-refractivity contribution in [3.63, 3.8) is 0 Å². The summed E-state index contributed by atoms with van der Waals surface area (Å²) < 4.78 is 5.96. The van der Waals surface area contributed by atoms with Crippen LogP contribution < -0.4 is 5.32 Å². The van der Waals surface area contributed by atoms with Crippen LogP contribution in [0.3, 0.4) is 0 Å². The number of hydrogen-bond acceptors (Lipinski definition) is 2. The molecule has 4 saturated carbocycles. The summed E-state index contributed by atoms with van der Waals surface area (Å²) in [7, 11) is 0. The van der Waals surface area contributed by atoms with Gasteiger partial charge in [-0.05, 0) is 68.8 Å². The molecule has 5 fully saturated rings. The summed E-state index contributed by atoms with van der Waals surface area (Å²) in [6.07, 6.45) is 7.82. The molecular formula is C22H30N2O2. The maximum atomic E-state index is 13.1. The molecule has 1 unspecified atom stereocenters. The van der Waals surface area contributed by atoms with Gasteiger partial charge in [-0.3, -0.25) is 0 Å². The molecule has 1 atom stereocenters. The van der Waals surface area contributed by atoms with Crippen molar-refractivity contribution in [2.75, 3.05) is 19.7 Å². The van der Waals surface area contributed by atoms with Gasteiger partial charge in [-0.1, -0.05) is 29.8 Å². The normalized spacial score (nSPS) is 38.4. The van der Waals surface area contributed by atoms with Gasteiger partial charge in [0.25, 0.3) is 0 Å². The van der Waals surface area contributed by atoms with Crippen LogP contribution in [0.15, 0.2) is 24.3 Å². The van der Waals surface area contributed by atoms with Crippen LogP contribution in [-0.4, -0.2) is 36.2 Å². The summed E-state index contributed by atoms with van der Waals surface area (Å²) in [5.41, 5.74) is 2.51. The van der Waals surface area contributed by atoms with Gasteiger partial charge < -0.3 is 15.0 Å². The highest BCUT2D eigenvalue weighted by atomic mass is 16.5. The minimum absolute atomic E-state index is 0.00790. The van der Waals surface area contributed by atoms with Crippen LogP contribution in [0.5, 0.6) is 0 Å². The number of benzene rings is 1. The van der Waals surface area contributed by atoms with Gasteiger partial charge >= 0.3 is 6.03 Å². The summed E-state index contributed by atoms with van der Waals surface area (Å²) >= 11 is 0. The average molecular weight is 354 g/mol. The monoisotopic (exact) mass is 354 g/mol. The molecular weight excluding hydrogens is 324 g/mol. The van der Waals surface area contributed by atoms with Crippen molar-refractivity contribution in [3.05, 3.63) is 35.4 Å². The lowest BCUT2D eigenvalue weighted by Gasteiger charge is -2.57. The number of carbonyl (C=O) groups is 1. The number of ether oxygens (including phenoxy) is 1. The molecule has 26 heavy (non-hydrogen) atoms. The summed E-state index contributed by atoms with van der Waals surface area (Å²) in [5.74, 6) is 2.56. The molecule has 4 bridgehead atoms. The largest absolute Gasteiger partial charge is 0.370 e. The summed E-state index contributed by atoms with van der Waals surface area (Å²) in [5, 5.41) is 3.51. The van der Waals surface area contributed by atoms with E-state index in [-0.39, 0.29) is 17.7 Å². The second-order valence-electron chi connectivity index (χ2n) is 9.34. The van der Waals surface area contributed by atoms with E-state index in [4.69, 9.17) is 4.74 Å². The maximum Gasteiger partial charge on any atom is 0.318 e. The molecule has 0 radical (unpaired) electrons. The highest BCUT2D eigenvalue weighted by Gasteiger charge is 2.51. The van der Waals surface area contributed by atoms with Crippen LogP contribution in [0.4, 0.5) is 4.79 Å². The predicted molar refractivity (Wildman–Crippen MR) is 101 cm³/mol. The van der Waals surface area contributed by atoms with Crippen LogP contribution in [0.25, 0.3) is 0 Å². The van der Waals surface area contributed by atoms with Crippen molar-refractivity contribution in [2.24, 2.45) is 17.8 Å². The van der Waals surface area contributed by atoms with E-state index in [0.29, 0.717) is 19.7 Å². The van der Waals surface area contributed by atoms with E-state index in [2.05, 4.69) is 36.5 Å². The van der Waals surface area contributed by atoms with Gasteiger partial charge in [0.1, 0.15) is 6.10 Å². The molecule has 0 spiro atoms. The van der Waals surface area contributed by atoms with Gasteiger partial charge in [0.15, 0.2) is 0 Å². The summed E-state index contributed by atoms with van der Waals surface area (Å²) in [6, 6.07) is 8.62. The molecule has 1 heterocycles. The van der Waals surface area contributed by atoms with Crippen molar-refractivity contribution < 1.29 is 9.53 Å². The number of nitrogens with zero attached hydrogens (tertiary/aromatic N) is 1. The molecule has 4 nitrogen and oxygen atoms in total. The van der Waals surface area contributed by atoms with Gasteiger partial charge in [-0.15, -0.1) is 0 Å². The third-order valence-electron chi connectivity index (χ3n) is 7.21. The first-order valence-electron chi connectivity index (χ1n) is 10.3. The number of urea groups is 1. The number of nitrogens with one attached hydrogen (secondary N) is 1. The van der Waals surface area contributed by atoms with Crippen LogP contribution >= 0.6 is 0 Å². The van der Waals surface area contributed by atoms with Crippen LogP contribution in [0.2, 0.25) is 0 Å². The van der Waals surface area contributed by atoms with Gasteiger partial charge in [-0.25, -0.2) is 4.79 Å². The zero-order chi connectivity index (χ0) is 17.7. The predicted octanol–water partition coefficient (Wildman–Crippen LogP) is 4.05. The average Bonchev–Trinajstić information content (AvgIpc) is 2.61. The van der Waals surface area contributed by atoms with E-state index in [1.54, 1.807) is 0 Å². The fourth-order valence-electron chi connectivity index (χ4n) is 6.39. The molecule has 6 rings (SSSR count). The van der Waals surface area contributed by atoms with Crippen molar-refractivity contribution >= 4 is 6.03 Å². The standard InChI is InChI=1S/C22H30N2O2/c1-15-2-4-19(5-3-15)20-14-24(6-7-26-20)21(25)23-22-11-16-8-17(12-22)10-18(9-16)13-22/h2-5,16-18,20H,6-14H2,1H3,(H,23,25). The lowest BCUT2D eigenvalue weighted by molar-refractivity contribution is -0.0310. The third kappa shape index (κ3) is 3.02. The fraction of sp³-hybridized carbons (Fsp3) is 0.682. The van der Waals surface area contributed by atoms with E-state index in [1.165, 1.54) is 49.7 Å². The molecule has 1 N–H and O–H groups in total. The van der Waals surface area contributed by atoms with Crippen LogP contribution in [-0.2, 0) is 4.74 Å². The zero-order valence-corrected chi connectivity index (χ0v) is 15.7. The molecule has 2 amide bonds. The number of morpholine rings is 1. The van der Waals surface area contributed by atoms with Crippen LogP contribution in [0.1, 0.15) is 55.8 Å². The summed E-state index contributed by atoms with van der Waals surface area (Å²) in [6.45, 7) is 4.06. The molecule has 0 aromatic heterocycles. The zero-order valence-electron chi connectivity index (χ0n) is 15.7. The first kappa shape index (κ1) is 16.6. The molecule has 1 aromatic rings.